The van der Waals surface area contributed by atoms with Gasteiger partial charge in [0.25, 0.3) is 5.91 Å². The number of amides is 1. The molecule has 2 aromatic carbocycles. The van der Waals surface area contributed by atoms with Crippen molar-refractivity contribution < 1.29 is 9.63 Å². The third kappa shape index (κ3) is 4.55. The van der Waals surface area contributed by atoms with Gasteiger partial charge in [-0.25, -0.2) is 5.06 Å². The summed E-state index contributed by atoms with van der Waals surface area (Å²) in [5.74, 6) is -0.212. The minimum Gasteiger partial charge on any atom is -0.274 e. The lowest BCUT2D eigenvalue weighted by molar-refractivity contribution is -0.119. The summed E-state index contributed by atoms with van der Waals surface area (Å²) < 4.78 is 0.858. The molecular weight excluding hydrogens is 483 g/mol. The van der Waals surface area contributed by atoms with Crippen molar-refractivity contribution in [2.45, 2.75) is 19.4 Å². The van der Waals surface area contributed by atoms with Crippen molar-refractivity contribution in [2.24, 2.45) is 0 Å². The molecule has 0 unspecified atom stereocenters. The van der Waals surface area contributed by atoms with Crippen molar-refractivity contribution in [3.63, 3.8) is 0 Å². The van der Waals surface area contributed by atoms with Crippen LogP contribution >= 0.6 is 57.4 Å². The van der Waals surface area contributed by atoms with E-state index in [0.717, 1.165) is 9.13 Å². The van der Waals surface area contributed by atoms with Crippen LogP contribution in [0.25, 0.3) is 0 Å². The molecule has 0 fully saturated rings. The summed E-state index contributed by atoms with van der Waals surface area (Å²) in [6.07, 6.45) is 0.442. The third-order valence-electron chi connectivity index (χ3n) is 3.51. The van der Waals surface area contributed by atoms with E-state index in [0.29, 0.717) is 27.1 Å². The Hall–Kier alpha value is -0.530. The molecule has 0 aromatic heterocycles. The summed E-state index contributed by atoms with van der Waals surface area (Å²) in [6.45, 7) is 1.87. The van der Waals surface area contributed by atoms with Crippen LogP contribution in [0.15, 0.2) is 36.4 Å². The van der Waals surface area contributed by atoms with E-state index in [-0.39, 0.29) is 11.9 Å². The van der Waals surface area contributed by atoms with Crippen molar-refractivity contribution in [3.05, 3.63) is 66.2 Å². The van der Waals surface area contributed by atoms with E-state index < -0.39 is 0 Å². The second-order valence-electron chi connectivity index (χ2n) is 5.19. The zero-order valence-electron chi connectivity index (χ0n) is 13.0. The van der Waals surface area contributed by atoms with Gasteiger partial charge in [0.2, 0.25) is 0 Å². The van der Waals surface area contributed by atoms with Crippen molar-refractivity contribution in [3.8, 4) is 0 Å². The van der Waals surface area contributed by atoms with Gasteiger partial charge in [-0.1, -0.05) is 46.9 Å². The second kappa shape index (κ2) is 8.72. The molecule has 1 atom stereocenters. The van der Waals surface area contributed by atoms with Gasteiger partial charge in [0.15, 0.2) is 0 Å². The SMILES string of the molecule is CON(C(=O)c1ccccc1I)[C@@H](C)Cc1c(Cl)cc(Cl)cc1Cl. The highest BCUT2D eigenvalue weighted by Gasteiger charge is 2.25. The first-order chi connectivity index (χ1) is 11.3. The highest BCUT2D eigenvalue weighted by molar-refractivity contribution is 14.1. The van der Waals surface area contributed by atoms with Gasteiger partial charge in [-0.3, -0.25) is 9.63 Å². The van der Waals surface area contributed by atoms with Gasteiger partial charge < -0.3 is 0 Å². The number of nitrogens with zero attached hydrogens (tertiary/aromatic N) is 1. The third-order valence-corrected chi connectivity index (χ3v) is 5.34. The van der Waals surface area contributed by atoms with Gasteiger partial charge in [0.05, 0.1) is 18.7 Å². The van der Waals surface area contributed by atoms with Crippen LogP contribution in [0.1, 0.15) is 22.8 Å². The summed E-state index contributed by atoms with van der Waals surface area (Å²) in [5, 5.41) is 2.74. The molecule has 0 aliphatic carbocycles. The quantitative estimate of drug-likeness (QED) is 0.380. The molecule has 0 spiro atoms. The topological polar surface area (TPSA) is 29.5 Å². The normalized spacial score (nSPS) is 12.1. The van der Waals surface area contributed by atoms with Crippen molar-refractivity contribution in [2.75, 3.05) is 7.11 Å². The van der Waals surface area contributed by atoms with E-state index in [1.54, 1.807) is 18.2 Å². The predicted molar refractivity (Wildman–Crippen MR) is 107 cm³/mol. The Labute approximate surface area is 169 Å². The summed E-state index contributed by atoms with van der Waals surface area (Å²) >= 11 is 20.5. The minimum atomic E-state index is -0.269. The van der Waals surface area contributed by atoms with E-state index in [4.69, 9.17) is 39.6 Å². The number of benzene rings is 2. The van der Waals surface area contributed by atoms with E-state index in [1.807, 2.05) is 25.1 Å². The lowest BCUT2D eigenvalue weighted by Crippen LogP contribution is -2.39. The van der Waals surface area contributed by atoms with Gasteiger partial charge in [-0.05, 0) is 65.8 Å². The first-order valence-electron chi connectivity index (χ1n) is 7.10. The summed E-state index contributed by atoms with van der Waals surface area (Å²) in [7, 11) is 1.47. The zero-order chi connectivity index (χ0) is 17.9. The number of hydrogen-bond acceptors (Lipinski definition) is 2. The predicted octanol–water partition coefficient (Wildman–Crippen LogP) is 5.89. The first-order valence-corrected chi connectivity index (χ1v) is 9.32. The van der Waals surface area contributed by atoms with Crippen LogP contribution in [-0.2, 0) is 11.3 Å². The maximum Gasteiger partial charge on any atom is 0.278 e. The van der Waals surface area contributed by atoms with E-state index in [1.165, 1.54) is 12.2 Å². The largest absolute Gasteiger partial charge is 0.278 e. The highest BCUT2D eigenvalue weighted by atomic mass is 127. The fourth-order valence-corrected chi connectivity index (χ4v) is 3.95. The average molecular weight is 499 g/mol. The monoisotopic (exact) mass is 497 g/mol. The maximum atomic E-state index is 12.8. The molecule has 0 saturated heterocycles. The number of hydrogen-bond donors (Lipinski definition) is 0. The van der Waals surface area contributed by atoms with Gasteiger partial charge in [0.1, 0.15) is 0 Å². The van der Waals surface area contributed by atoms with Crippen LogP contribution < -0.4 is 0 Å². The van der Waals surface area contributed by atoms with Gasteiger partial charge >= 0.3 is 0 Å². The molecule has 0 aliphatic heterocycles. The van der Waals surface area contributed by atoms with Gasteiger partial charge in [-0.2, -0.15) is 0 Å². The molecule has 2 aromatic rings. The maximum absolute atomic E-state index is 12.8. The summed E-state index contributed by atoms with van der Waals surface area (Å²) in [5.41, 5.74) is 1.31. The molecular formula is C17H15Cl3INO2. The average Bonchev–Trinajstić information content (AvgIpc) is 2.51. The van der Waals surface area contributed by atoms with Crippen molar-refractivity contribution in [1.29, 1.82) is 0 Å². The van der Waals surface area contributed by atoms with Crippen LogP contribution in [0, 0.1) is 3.57 Å². The second-order valence-corrected chi connectivity index (χ2v) is 7.61. The molecule has 128 valence electrons. The molecule has 1 amide bonds. The Morgan fingerprint density at radius 2 is 1.79 bits per heavy atom. The molecule has 0 bridgehead atoms. The van der Waals surface area contributed by atoms with Crippen molar-refractivity contribution >= 4 is 63.3 Å². The zero-order valence-corrected chi connectivity index (χ0v) is 17.4. The van der Waals surface area contributed by atoms with E-state index in [2.05, 4.69) is 22.6 Å². The van der Waals surface area contributed by atoms with Crippen LogP contribution in [0.3, 0.4) is 0 Å². The smallest absolute Gasteiger partial charge is 0.274 e. The Bertz CT molecular complexity index is 731. The fraction of sp³-hybridized carbons (Fsp3) is 0.235. The molecule has 0 heterocycles. The Balaban J connectivity index is 2.25. The van der Waals surface area contributed by atoms with E-state index in [9.17, 15) is 4.79 Å². The minimum absolute atomic E-state index is 0.212. The number of hydroxylamine groups is 2. The van der Waals surface area contributed by atoms with Crippen LogP contribution in [0.4, 0.5) is 0 Å². The first kappa shape index (κ1) is 19.8. The molecule has 24 heavy (non-hydrogen) atoms. The molecule has 0 radical (unpaired) electrons. The molecule has 2 rings (SSSR count). The van der Waals surface area contributed by atoms with Crippen molar-refractivity contribution in [1.82, 2.24) is 5.06 Å². The number of halogens is 4. The fourth-order valence-electron chi connectivity index (χ4n) is 2.36. The molecule has 0 N–H and O–H groups in total. The van der Waals surface area contributed by atoms with Crippen LogP contribution in [0.5, 0.6) is 0 Å². The standard InChI is InChI=1S/C17H15Cl3INO2/c1-10(7-13-14(19)8-11(18)9-15(13)20)22(24-2)17(23)12-5-3-4-6-16(12)21/h3-6,8-10H,7H2,1-2H3/t10-/m0/s1. The molecule has 7 heteroatoms. The molecule has 3 nitrogen and oxygen atoms in total. The molecule has 0 aliphatic rings. The van der Waals surface area contributed by atoms with Crippen LogP contribution in [-0.4, -0.2) is 24.1 Å². The molecule has 0 saturated carbocycles. The summed E-state index contributed by atoms with van der Waals surface area (Å²) in [4.78, 5) is 18.1. The van der Waals surface area contributed by atoms with Gasteiger partial charge in [-0.15, -0.1) is 0 Å². The van der Waals surface area contributed by atoms with Gasteiger partial charge in [0, 0.05) is 18.6 Å². The lowest BCUT2D eigenvalue weighted by Gasteiger charge is -2.27. The number of carbonyl (C=O) groups is 1. The van der Waals surface area contributed by atoms with Crippen LogP contribution in [0.2, 0.25) is 15.1 Å². The number of rotatable bonds is 5. The Morgan fingerprint density at radius 1 is 1.21 bits per heavy atom. The summed E-state index contributed by atoms with van der Waals surface area (Å²) in [6, 6.07) is 10.3. The van der Waals surface area contributed by atoms with E-state index >= 15 is 0 Å². The Kier molecular flexibility index (Phi) is 7.19. The lowest BCUT2D eigenvalue weighted by atomic mass is 10.1. The number of carbonyl (C=O) groups excluding carboxylic acids is 1. The highest BCUT2D eigenvalue weighted by Crippen LogP contribution is 2.31. The Morgan fingerprint density at radius 3 is 2.33 bits per heavy atom.